The molecule has 106 valence electrons. The molecule has 1 N–H and O–H groups in total. The van der Waals surface area contributed by atoms with Crippen molar-refractivity contribution in [2.24, 2.45) is 5.41 Å². The molecule has 3 heteroatoms. The Morgan fingerprint density at radius 1 is 1.17 bits per heavy atom. The van der Waals surface area contributed by atoms with Gasteiger partial charge in [-0.3, -0.25) is 4.79 Å². The predicted molar refractivity (Wildman–Crippen MR) is 76.6 cm³/mol. The van der Waals surface area contributed by atoms with Crippen molar-refractivity contribution >= 4 is 5.91 Å². The van der Waals surface area contributed by atoms with E-state index in [0.29, 0.717) is 5.91 Å². The Morgan fingerprint density at radius 2 is 1.83 bits per heavy atom. The normalized spacial score (nSPS) is 18.6. The molecule has 0 aromatic rings. The monoisotopic (exact) mass is 254 g/mol. The van der Waals surface area contributed by atoms with Gasteiger partial charge in [0.15, 0.2) is 0 Å². The van der Waals surface area contributed by atoms with Gasteiger partial charge in [0.05, 0.1) is 5.41 Å². The van der Waals surface area contributed by atoms with Crippen molar-refractivity contribution in [3.8, 4) is 0 Å². The first-order valence-corrected chi connectivity index (χ1v) is 7.70. The van der Waals surface area contributed by atoms with Crippen LogP contribution in [0.4, 0.5) is 0 Å². The fourth-order valence-electron chi connectivity index (χ4n) is 3.04. The molecule has 0 bridgehead atoms. The first-order valence-electron chi connectivity index (χ1n) is 7.70. The second-order valence-electron chi connectivity index (χ2n) is 5.52. The fraction of sp³-hybridized carbons (Fsp3) is 0.933. The Kier molecular flexibility index (Phi) is 6.69. The molecule has 1 aliphatic rings. The summed E-state index contributed by atoms with van der Waals surface area (Å²) in [6, 6.07) is 0. The van der Waals surface area contributed by atoms with Crippen molar-refractivity contribution in [3.63, 3.8) is 0 Å². The van der Waals surface area contributed by atoms with E-state index in [-0.39, 0.29) is 5.41 Å². The van der Waals surface area contributed by atoms with Crippen LogP contribution in [0.25, 0.3) is 0 Å². The highest BCUT2D eigenvalue weighted by Gasteiger charge is 2.40. The zero-order valence-corrected chi connectivity index (χ0v) is 12.4. The molecule has 0 unspecified atom stereocenters. The fourth-order valence-corrected chi connectivity index (χ4v) is 3.04. The molecule has 1 aliphatic heterocycles. The second kappa shape index (κ2) is 7.78. The van der Waals surface area contributed by atoms with Gasteiger partial charge in [-0.1, -0.05) is 26.7 Å². The summed E-state index contributed by atoms with van der Waals surface area (Å²) in [6.07, 6.45) is 6.48. The van der Waals surface area contributed by atoms with Crippen LogP contribution in [0.3, 0.4) is 0 Å². The van der Waals surface area contributed by atoms with Gasteiger partial charge in [0.25, 0.3) is 0 Å². The molecule has 0 atom stereocenters. The standard InChI is InChI=1S/C15H30N2O/c1-4-7-13-17(6-3)14(18)15(8-5-2)9-11-16-12-10-15/h16H,4-13H2,1-3H3. The molecule has 0 aromatic heterocycles. The van der Waals surface area contributed by atoms with Gasteiger partial charge >= 0.3 is 0 Å². The Morgan fingerprint density at radius 3 is 2.33 bits per heavy atom. The highest BCUT2D eigenvalue weighted by atomic mass is 16.2. The van der Waals surface area contributed by atoms with Crippen LogP contribution in [0.5, 0.6) is 0 Å². The average Bonchev–Trinajstić information content (AvgIpc) is 2.41. The van der Waals surface area contributed by atoms with E-state index < -0.39 is 0 Å². The third-order valence-corrected chi connectivity index (χ3v) is 4.19. The quantitative estimate of drug-likeness (QED) is 0.757. The molecule has 1 heterocycles. The van der Waals surface area contributed by atoms with Gasteiger partial charge in [0.2, 0.25) is 5.91 Å². The number of carbonyl (C=O) groups excluding carboxylic acids is 1. The summed E-state index contributed by atoms with van der Waals surface area (Å²) in [4.78, 5) is 14.9. The van der Waals surface area contributed by atoms with Gasteiger partial charge in [-0.15, -0.1) is 0 Å². The summed E-state index contributed by atoms with van der Waals surface area (Å²) in [5.41, 5.74) is -0.0657. The lowest BCUT2D eigenvalue weighted by atomic mass is 9.74. The SMILES string of the molecule is CCCCN(CC)C(=O)C1(CCC)CCNCC1. The van der Waals surface area contributed by atoms with E-state index in [1.807, 2.05) is 0 Å². The van der Waals surface area contributed by atoms with Gasteiger partial charge in [0.1, 0.15) is 0 Å². The molecule has 0 radical (unpaired) electrons. The maximum Gasteiger partial charge on any atom is 0.228 e. The van der Waals surface area contributed by atoms with E-state index in [4.69, 9.17) is 0 Å². The van der Waals surface area contributed by atoms with Gasteiger partial charge < -0.3 is 10.2 Å². The lowest BCUT2D eigenvalue weighted by Crippen LogP contribution is -2.49. The van der Waals surface area contributed by atoms with E-state index in [1.165, 1.54) is 0 Å². The number of nitrogens with zero attached hydrogens (tertiary/aromatic N) is 1. The average molecular weight is 254 g/mol. The Bertz CT molecular complexity index is 241. The van der Waals surface area contributed by atoms with Gasteiger partial charge in [-0.05, 0) is 45.7 Å². The molecular formula is C15H30N2O. The van der Waals surface area contributed by atoms with Crippen LogP contribution in [0, 0.1) is 5.41 Å². The van der Waals surface area contributed by atoms with Crippen molar-refractivity contribution < 1.29 is 4.79 Å². The van der Waals surface area contributed by atoms with Crippen LogP contribution in [0.1, 0.15) is 59.3 Å². The third-order valence-electron chi connectivity index (χ3n) is 4.19. The second-order valence-corrected chi connectivity index (χ2v) is 5.52. The van der Waals surface area contributed by atoms with Crippen molar-refractivity contribution in [1.82, 2.24) is 10.2 Å². The summed E-state index contributed by atoms with van der Waals surface area (Å²) in [6.45, 7) is 10.3. The number of nitrogens with one attached hydrogen (secondary N) is 1. The first kappa shape index (κ1) is 15.5. The minimum Gasteiger partial charge on any atom is -0.342 e. The van der Waals surface area contributed by atoms with Gasteiger partial charge in [-0.2, -0.15) is 0 Å². The smallest absolute Gasteiger partial charge is 0.228 e. The van der Waals surface area contributed by atoms with Crippen LogP contribution in [0.15, 0.2) is 0 Å². The lowest BCUT2D eigenvalue weighted by Gasteiger charge is -2.40. The number of amides is 1. The van der Waals surface area contributed by atoms with Crippen LogP contribution >= 0.6 is 0 Å². The summed E-state index contributed by atoms with van der Waals surface area (Å²) in [7, 11) is 0. The lowest BCUT2D eigenvalue weighted by molar-refractivity contribution is -0.144. The number of unbranched alkanes of at least 4 members (excludes halogenated alkanes) is 1. The summed E-state index contributed by atoms with van der Waals surface area (Å²) in [5, 5.41) is 3.38. The van der Waals surface area contributed by atoms with E-state index in [2.05, 4.69) is 31.0 Å². The van der Waals surface area contributed by atoms with Crippen LogP contribution in [-0.2, 0) is 4.79 Å². The predicted octanol–water partition coefficient (Wildman–Crippen LogP) is 2.80. The largest absolute Gasteiger partial charge is 0.342 e. The Hall–Kier alpha value is -0.570. The zero-order valence-electron chi connectivity index (χ0n) is 12.4. The molecule has 1 saturated heterocycles. The molecule has 0 aromatic carbocycles. The highest BCUT2D eigenvalue weighted by Crippen LogP contribution is 2.36. The minimum atomic E-state index is -0.0657. The first-order chi connectivity index (χ1) is 8.70. The zero-order chi connectivity index (χ0) is 13.4. The molecule has 3 nitrogen and oxygen atoms in total. The number of piperidine rings is 1. The maximum atomic E-state index is 12.8. The van der Waals surface area contributed by atoms with Crippen molar-refractivity contribution in [2.45, 2.75) is 59.3 Å². The molecule has 0 aliphatic carbocycles. The van der Waals surface area contributed by atoms with Crippen molar-refractivity contribution in [1.29, 1.82) is 0 Å². The third kappa shape index (κ3) is 3.71. The van der Waals surface area contributed by atoms with Gasteiger partial charge in [0, 0.05) is 13.1 Å². The summed E-state index contributed by atoms with van der Waals surface area (Å²) < 4.78 is 0. The van der Waals surface area contributed by atoms with E-state index in [1.54, 1.807) is 0 Å². The summed E-state index contributed by atoms with van der Waals surface area (Å²) in [5.74, 6) is 0.418. The van der Waals surface area contributed by atoms with Gasteiger partial charge in [-0.25, -0.2) is 0 Å². The van der Waals surface area contributed by atoms with Crippen LogP contribution in [-0.4, -0.2) is 37.0 Å². The molecule has 18 heavy (non-hydrogen) atoms. The Balaban J connectivity index is 2.73. The minimum absolute atomic E-state index is 0.0657. The molecule has 1 fully saturated rings. The Labute approximate surface area is 112 Å². The molecule has 1 rings (SSSR count). The molecule has 1 amide bonds. The van der Waals surface area contributed by atoms with E-state index >= 15 is 0 Å². The number of rotatable bonds is 7. The molecular weight excluding hydrogens is 224 g/mol. The number of carbonyl (C=O) groups is 1. The topological polar surface area (TPSA) is 32.3 Å². The van der Waals surface area contributed by atoms with Crippen molar-refractivity contribution in [3.05, 3.63) is 0 Å². The summed E-state index contributed by atoms with van der Waals surface area (Å²) >= 11 is 0. The molecule has 0 saturated carbocycles. The van der Waals surface area contributed by atoms with E-state index in [0.717, 1.165) is 64.7 Å². The maximum absolute atomic E-state index is 12.8. The van der Waals surface area contributed by atoms with E-state index in [9.17, 15) is 4.79 Å². The number of hydrogen-bond donors (Lipinski definition) is 1. The molecule has 0 spiro atoms. The van der Waals surface area contributed by atoms with Crippen LogP contribution < -0.4 is 5.32 Å². The van der Waals surface area contributed by atoms with Crippen LogP contribution in [0.2, 0.25) is 0 Å². The highest BCUT2D eigenvalue weighted by molar-refractivity contribution is 5.83. The number of hydrogen-bond acceptors (Lipinski definition) is 2. The van der Waals surface area contributed by atoms with Crippen molar-refractivity contribution in [2.75, 3.05) is 26.2 Å².